The van der Waals surface area contributed by atoms with Crippen LogP contribution in [0.5, 0.6) is 11.6 Å². The minimum absolute atomic E-state index is 0.000902. The highest BCUT2D eigenvalue weighted by Crippen LogP contribution is 2.24. The fourth-order valence-corrected chi connectivity index (χ4v) is 3.04. The van der Waals surface area contributed by atoms with Crippen molar-refractivity contribution in [1.29, 1.82) is 0 Å². The molecule has 0 radical (unpaired) electrons. The summed E-state index contributed by atoms with van der Waals surface area (Å²) in [5, 5.41) is 0. The highest BCUT2D eigenvalue weighted by atomic mass is 16.5. The van der Waals surface area contributed by atoms with Crippen LogP contribution in [0.15, 0.2) is 42.6 Å². The largest absolute Gasteiger partial charge is 0.493 e. The number of ketones is 1. The van der Waals surface area contributed by atoms with Crippen LogP contribution in [0.1, 0.15) is 15.9 Å². The van der Waals surface area contributed by atoms with Gasteiger partial charge in [-0.1, -0.05) is 18.2 Å². The summed E-state index contributed by atoms with van der Waals surface area (Å²) >= 11 is 0. The molecule has 2 aliphatic heterocycles. The van der Waals surface area contributed by atoms with E-state index in [0.717, 1.165) is 5.75 Å². The molecule has 2 aromatic rings. The predicted molar refractivity (Wildman–Crippen MR) is 89.8 cm³/mol. The number of benzene rings is 1. The number of para-hydroxylation sites is 1. The number of aromatic nitrogens is 1. The summed E-state index contributed by atoms with van der Waals surface area (Å²) in [6.07, 6.45) is 1.79. The lowest BCUT2D eigenvalue weighted by Gasteiger charge is -2.39. The highest BCUT2D eigenvalue weighted by Gasteiger charge is 2.32. The number of hydrogen-bond acceptors (Lipinski definition) is 5. The van der Waals surface area contributed by atoms with Crippen molar-refractivity contribution in [3.05, 3.63) is 53.7 Å². The molecule has 0 unspecified atom stereocenters. The maximum Gasteiger partial charge on any atom is 0.255 e. The normalized spacial score (nSPS) is 16.6. The molecule has 1 aromatic heterocycles. The van der Waals surface area contributed by atoms with Gasteiger partial charge in [-0.2, -0.15) is 0 Å². The molecular weight excluding hydrogens is 320 g/mol. The third-order valence-electron chi connectivity index (χ3n) is 4.40. The van der Waals surface area contributed by atoms with E-state index in [4.69, 9.17) is 9.47 Å². The molecule has 25 heavy (non-hydrogen) atoms. The van der Waals surface area contributed by atoms with Crippen LogP contribution in [0.4, 0.5) is 0 Å². The Bertz CT molecular complexity index is 800. The molecule has 6 nitrogen and oxygen atoms in total. The first-order chi connectivity index (χ1) is 12.2. The summed E-state index contributed by atoms with van der Waals surface area (Å²) in [6.45, 7) is 1.98. The average Bonchev–Trinajstić information content (AvgIpc) is 2.60. The van der Waals surface area contributed by atoms with E-state index in [-0.39, 0.29) is 24.7 Å². The molecule has 0 bridgehead atoms. The molecule has 0 atom stereocenters. The fourth-order valence-electron chi connectivity index (χ4n) is 3.04. The van der Waals surface area contributed by atoms with Crippen LogP contribution in [-0.4, -0.2) is 47.9 Å². The van der Waals surface area contributed by atoms with Crippen LogP contribution >= 0.6 is 0 Å². The molecule has 1 saturated heterocycles. The molecule has 1 aromatic carbocycles. The number of ether oxygens (including phenoxy) is 2. The Morgan fingerprint density at radius 1 is 1.28 bits per heavy atom. The fraction of sp³-hybridized carbons (Fsp3) is 0.316. The number of Topliss-reactive ketones (excluding diaryl/α,β-unsaturated/α-hetero) is 1. The molecule has 128 valence electrons. The van der Waals surface area contributed by atoms with Crippen molar-refractivity contribution in [3.63, 3.8) is 0 Å². The zero-order valence-electron chi connectivity index (χ0n) is 13.7. The Balaban J connectivity index is 1.32. The first kappa shape index (κ1) is 15.6. The number of carbonyl (C=O) groups excluding carboxylic acids is 2. The van der Waals surface area contributed by atoms with E-state index in [1.165, 1.54) is 6.20 Å². The second kappa shape index (κ2) is 6.55. The molecule has 1 fully saturated rings. The molecule has 1 amide bonds. The quantitative estimate of drug-likeness (QED) is 0.849. The van der Waals surface area contributed by atoms with E-state index < -0.39 is 0 Å². The van der Waals surface area contributed by atoms with Gasteiger partial charge in [0.25, 0.3) is 5.91 Å². The Labute approximate surface area is 145 Å². The van der Waals surface area contributed by atoms with Gasteiger partial charge in [-0.15, -0.1) is 0 Å². The number of fused-ring (bicyclic) bond motifs is 1. The van der Waals surface area contributed by atoms with Crippen molar-refractivity contribution in [2.24, 2.45) is 5.92 Å². The summed E-state index contributed by atoms with van der Waals surface area (Å²) in [7, 11) is 0. The number of hydrogen-bond donors (Lipinski definition) is 0. The number of rotatable bonds is 4. The van der Waals surface area contributed by atoms with Gasteiger partial charge in [-0.05, 0) is 18.2 Å². The van der Waals surface area contributed by atoms with E-state index >= 15 is 0 Å². The van der Waals surface area contributed by atoms with Gasteiger partial charge in [0.15, 0.2) is 5.78 Å². The first-order valence-corrected chi connectivity index (χ1v) is 8.29. The lowest BCUT2D eigenvalue weighted by Crippen LogP contribution is -2.52. The van der Waals surface area contributed by atoms with Crippen molar-refractivity contribution >= 4 is 11.7 Å². The summed E-state index contributed by atoms with van der Waals surface area (Å²) in [5.41, 5.74) is 1.19. The molecule has 3 heterocycles. The van der Waals surface area contributed by atoms with Gasteiger partial charge < -0.3 is 14.4 Å². The number of amides is 1. The van der Waals surface area contributed by atoms with E-state index in [0.29, 0.717) is 42.6 Å². The maximum absolute atomic E-state index is 12.5. The van der Waals surface area contributed by atoms with Crippen molar-refractivity contribution in [3.8, 4) is 11.6 Å². The van der Waals surface area contributed by atoms with E-state index in [1.807, 2.05) is 30.3 Å². The summed E-state index contributed by atoms with van der Waals surface area (Å²) in [6, 6.07) is 11.4. The molecule has 4 rings (SSSR count). The number of likely N-dealkylation sites (tertiary alicyclic amines) is 1. The van der Waals surface area contributed by atoms with Crippen molar-refractivity contribution < 1.29 is 19.1 Å². The van der Waals surface area contributed by atoms with E-state index in [1.54, 1.807) is 11.0 Å². The van der Waals surface area contributed by atoms with Crippen molar-refractivity contribution in [2.45, 2.75) is 6.42 Å². The van der Waals surface area contributed by atoms with Crippen LogP contribution in [0, 0.1) is 5.92 Å². The van der Waals surface area contributed by atoms with Crippen LogP contribution in [0.25, 0.3) is 0 Å². The average molecular weight is 338 g/mol. The van der Waals surface area contributed by atoms with Gasteiger partial charge >= 0.3 is 0 Å². The Morgan fingerprint density at radius 3 is 2.88 bits per heavy atom. The van der Waals surface area contributed by atoms with Gasteiger partial charge in [0.1, 0.15) is 12.4 Å². The third-order valence-corrected chi connectivity index (χ3v) is 4.40. The number of pyridine rings is 1. The van der Waals surface area contributed by atoms with Crippen LogP contribution < -0.4 is 9.47 Å². The Hall–Kier alpha value is -2.89. The summed E-state index contributed by atoms with van der Waals surface area (Å²) < 4.78 is 11.0. The lowest BCUT2D eigenvalue weighted by atomic mass is 9.99. The van der Waals surface area contributed by atoms with Crippen molar-refractivity contribution in [1.82, 2.24) is 9.88 Å². The molecule has 0 saturated carbocycles. The minimum atomic E-state index is -0.0655. The SMILES string of the molecule is O=C1COc2ncc(C(=O)N3CC(COc4ccccc4)C3)cc2C1. The second-order valence-electron chi connectivity index (χ2n) is 6.39. The molecule has 0 spiro atoms. The van der Waals surface area contributed by atoms with Crippen LogP contribution in [-0.2, 0) is 11.2 Å². The highest BCUT2D eigenvalue weighted by molar-refractivity contribution is 5.95. The zero-order valence-corrected chi connectivity index (χ0v) is 13.7. The molecule has 0 N–H and O–H groups in total. The Kier molecular flexibility index (Phi) is 4.09. The predicted octanol–water partition coefficient (Wildman–Crippen LogP) is 1.74. The van der Waals surface area contributed by atoms with Gasteiger partial charge in [0, 0.05) is 37.2 Å². The minimum Gasteiger partial charge on any atom is -0.493 e. The third kappa shape index (κ3) is 3.33. The zero-order chi connectivity index (χ0) is 17.2. The standard InChI is InChI=1S/C19H18N2O4/c22-16-7-14-6-15(8-20-18(14)25-12-16)19(23)21-9-13(10-21)11-24-17-4-2-1-3-5-17/h1-6,8,13H,7,9-12H2. The summed E-state index contributed by atoms with van der Waals surface area (Å²) in [5.74, 6) is 1.56. The number of nitrogens with zero attached hydrogens (tertiary/aromatic N) is 2. The van der Waals surface area contributed by atoms with E-state index in [9.17, 15) is 9.59 Å². The van der Waals surface area contributed by atoms with Crippen molar-refractivity contribution in [2.75, 3.05) is 26.3 Å². The Morgan fingerprint density at radius 2 is 2.08 bits per heavy atom. The summed E-state index contributed by atoms with van der Waals surface area (Å²) in [4.78, 5) is 29.9. The van der Waals surface area contributed by atoms with Crippen LogP contribution in [0.2, 0.25) is 0 Å². The monoisotopic (exact) mass is 338 g/mol. The maximum atomic E-state index is 12.5. The molecule has 2 aliphatic rings. The molecule has 6 heteroatoms. The molecule has 0 aliphatic carbocycles. The lowest BCUT2D eigenvalue weighted by molar-refractivity contribution is -0.121. The number of carbonyl (C=O) groups is 2. The smallest absolute Gasteiger partial charge is 0.255 e. The topological polar surface area (TPSA) is 68.7 Å². The van der Waals surface area contributed by atoms with Gasteiger partial charge in [0.2, 0.25) is 5.88 Å². The second-order valence-corrected chi connectivity index (χ2v) is 6.39. The molecular formula is C19H18N2O4. The van der Waals surface area contributed by atoms with Gasteiger partial charge in [-0.25, -0.2) is 4.98 Å². The van der Waals surface area contributed by atoms with Crippen LogP contribution in [0.3, 0.4) is 0 Å². The van der Waals surface area contributed by atoms with Gasteiger partial charge in [0.05, 0.1) is 12.2 Å². The van der Waals surface area contributed by atoms with E-state index in [2.05, 4.69) is 4.98 Å². The first-order valence-electron chi connectivity index (χ1n) is 8.29. The van der Waals surface area contributed by atoms with Gasteiger partial charge in [-0.3, -0.25) is 9.59 Å².